The van der Waals surface area contributed by atoms with E-state index in [1.165, 1.54) is 0 Å². The lowest BCUT2D eigenvalue weighted by Crippen LogP contribution is -2.15. The molecule has 0 atom stereocenters. The summed E-state index contributed by atoms with van der Waals surface area (Å²) in [5.41, 5.74) is 2.11. The van der Waals surface area contributed by atoms with Gasteiger partial charge in [-0.2, -0.15) is 0 Å². The van der Waals surface area contributed by atoms with E-state index in [0.29, 0.717) is 17.1 Å². The summed E-state index contributed by atoms with van der Waals surface area (Å²) in [7, 11) is 0. The average Bonchev–Trinajstić information content (AvgIpc) is 3.08. The van der Waals surface area contributed by atoms with E-state index in [-0.39, 0.29) is 18.9 Å². The van der Waals surface area contributed by atoms with Crippen molar-refractivity contribution in [1.29, 1.82) is 0 Å². The molecule has 0 spiro atoms. The largest absolute Gasteiger partial charge is 0.482 e. The summed E-state index contributed by atoms with van der Waals surface area (Å²) in [6, 6.07) is 14.3. The molecule has 0 aliphatic rings. The molecular formula is C20H19BrN4O4. The predicted molar refractivity (Wildman–Crippen MR) is 110 cm³/mol. The third kappa shape index (κ3) is 5.20. The van der Waals surface area contributed by atoms with Gasteiger partial charge in [-0.05, 0) is 44.2 Å². The first kappa shape index (κ1) is 20.5. The number of aromatic nitrogens is 3. The van der Waals surface area contributed by atoms with Gasteiger partial charge in [-0.15, -0.1) is 5.10 Å². The van der Waals surface area contributed by atoms with E-state index >= 15 is 0 Å². The zero-order valence-corrected chi connectivity index (χ0v) is 17.5. The number of rotatable bonds is 7. The fourth-order valence-corrected chi connectivity index (χ4v) is 2.98. The lowest BCUT2D eigenvalue weighted by Gasteiger charge is -2.09. The lowest BCUT2D eigenvalue weighted by molar-refractivity contribution is -0.145. The molecule has 1 amide bonds. The molecule has 0 unspecified atom stereocenters. The highest BCUT2D eigenvalue weighted by atomic mass is 79.9. The molecule has 150 valence electrons. The Morgan fingerprint density at radius 1 is 1.17 bits per heavy atom. The van der Waals surface area contributed by atoms with Gasteiger partial charge in [-0.25, -0.2) is 9.48 Å². The molecular weight excluding hydrogens is 440 g/mol. The highest BCUT2D eigenvalue weighted by Crippen LogP contribution is 2.20. The van der Waals surface area contributed by atoms with E-state index in [1.54, 1.807) is 42.8 Å². The highest BCUT2D eigenvalue weighted by molar-refractivity contribution is 9.10. The molecule has 0 aliphatic heterocycles. The minimum atomic E-state index is -0.457. The standard InChI is InChI=1S/C20H19BrN4O4/c1-3-28-18(26)12-29-17-9-5-7-15(11-17)22-20(27)19-13(2)25(24-23-19)16-8-4-6-14(21)10-16/h4-11H,3,12H2,1-2H3,(H,22,27). The van der Waals surface area contributed by atoms with Crippen LogP contribution in [0.3, 0.4) is 0 Å². The zero-order chi connectivity index (χ0) is 20.8. The van der Waals surface area contributed by atoms with Gasteiger partial charge < -0.3 is 14.8 Å². The first-order valence-electron chi connectivity index (χ1n) is 8.86. The molecule has 9 heteroatoms. The van der Waals surface area contributed by atoms with Crippen molar-refractivity contribution in [2.24, 2.45) is 0 Å². The number of amides is 1. The fourth-order valence-electron chi connectivity index (χ4n) is 2.59. The SMILES string of the molecule is CCOC(=O)COc1cccc(NC(=O)c2nnn(-c3cccc(Br)c3)c2C)c1. The minimum Gasteiger partial charge on any atom is -0.482 e. The molecule has 3 aromatic rings. The number of hydrogen-bond acceptors (Lipinski definition) is 6. The van der Waals surface area contributed by atoms with E-state index < -0.39 is 11.9 Å². The number of esters is 1. The molecule has 0 aliphatic carbocycles. The minimum absolute atomic E-state index is 0.203. The number of ether oxygens (including phenoxy) is 2. The number of nitrogens with one attached hydrogen (secondary N) is 1. The Labute approximate surface area is 175 Å². The Bertz CT molecular complexity index is 1030. The van der Waals surface area contributed by atoms with Crippen LogP contribution < -0.4 is 10.1 Å². The van der Waals surface area contributed by atoms with Gasteiger partial charge in [0.15, 0.2) is 12.3 Å². The quantitative estimate of drug-likeness (QED) is 0.544. The molecule has 2 aromatic carbocycles. The van der Waals surface area contributed by atoms with Crippen LogP contribution in [-0.4, -0.2) is 40.1 Å². The Morgan fingerprint density at radius 3 is 2.72 bits per heavy atom. The molecule has 0 saturated heterocycles. The van der Waals surface area contributed by atoms with Gasteiger partial charge in [0.1, 0.15) is 5.75 Å². The van der Waals surface area contributed by atoms with Gasteiger partial charge in [0, 0.05) is 16.2 Å². The maximum Gasteiger partial charge on any atom is 0.344 e. The maximum absolute atomic E-state index is 12.7. The number of benzene rings is 2. The van der Waals surface area contributed by atoms with Gasteiger partial charge in [0.25, 0.3) is 5.91 Å². The van der Waals surface area contributed by atoms with E-state index in [1.807, 2.05) is 24.3 Å². The molecule has 8 nitrogen and oxygen atoms in total. The van der Waals surface area contributed by atoms with Crippen LogP contribution in [0.5, 0.6) is 5.75 Å². The molecule has 29 heavy (non-hydrogen) atoms. The predicted octanol–water partition coefficient (Wildman–Crippen LogP) is 3.53. The van der Waals surface area contributed by atoms with Crippen LogP contribution in [0.2, 0.25) is 0 Å². The van der Waals surface area contributed by atoms with Crippen LogP contribution >= 0.6 is 15.9 Å². The summed E-state index contributed by atoms with van der Waals surface area (Å²) in [4.78, 5) is 24.1. The summed E-state index contributed by atoms with van der Waals surface area (Å²) in [5, 5.41) is 10.9. The van der Waals surface area contributed by atoms with E-state index in [4.69, 9.17) is 9.47 Å². The summed E-state index contributed by atoms with van der Waals surface area (Å²) in [5.74, 6) is -0.418. The molecule has 1 heterocycles. The summed E-state index contributed by atoms with van der Waals surface area (Å²) < 4.78 is 12.7. The number of carbonyl (C=O) groups is 2. The summed E-state index contributed by atoms with van der Waals surface area (Å²) >= 11 is 3.42. The topological polar surface area (TPSA) is 95.3 Å². The van der Waals surface area contributed by atoms with Crippen molar-refractivity contribution in [1.82, 2.24) is 15.0 Å². The van der Waals surface area contributed by atoms with E-state index in [9.17, 15) is 9.59 Å². The van der Waals surface area contributed by atoms with Gasteiger partial charge in [-0.3, -0.25) is 4.79 Å². The number of carbonyl (C=O) groups excluding carboxylic acids is 2. The van der Waals surface area contributed by atoms with Crippen molar-refractivity contribution in [3.8, 4) is 11.4 Å². The number of halogens is 1. The molecule has 0 fully saturated rings. The number of nitrogens with zero attached hydrogens (tertiary/aromatic N) is 3. The van der Waals surface area contributed by atoms with Gasteiger partial charge >= 0.3 is 5.97 Å². The van der Waals surface area contributed by atoms with Gasteiger partial charge in [0.05, 0.1) is 18.0 Å². The second-order valence-electron chi connectivity index (χ2n) is 5.99. The van der Waals surface area contributed by atoms with Crippen molar-refractivity contribution in [2.75, 3.05) is 18.5 Å². The van der Waals surface area contributed by atoms with Crippen LogP contribution in [0.1, 0.15) is 23.1 Å². The zero-order valence-electron chi connectivity index (χ0n) is 15.9. The monoisotopic (exact) mass is 458 g/mol. The maximum atomic E-state index is 12.7. The smallest absolute Gasteiger partial charge is 0.344 e. The Hall–Kier alpha value is -3.20. The first-order chi connectivity index (χ1) is 14.0. The van der Waals surface area contributed by atoms with Gasteiger partial charge in [-0.1, -0.05) is 33.3 Å². The van der Waals surface area contributed by atoms with Crippen LogP contribution in [-0.2, 0) is 9.53 Å². The molecule has 0 saturated carbocycles. The Balaban J connectivity index is 1.71. The van der Waals surface area contributed by atoms with Crippen molar-refractivity contribution < 1.29 is 19.1 Å². The molecule has 3 rings (SSSR count). The highest BCUT2D eigenvalue weighted by Gasteiger charge is 2.18. The third-order valence-corrected chi connectivity index (χ3v) is 4.41. The van der Waals surface area contributed by atoms with E-state index in [2.05, 4.69) is 31.6 Å². The van der Waals surface area contributed by atoms with Gasteiger partial charge in [0.2, 0.25) is 0 Å². The molecule has 0 radical (unpaired) electrons. The normalized spacial score (nSPS) is 10.4. The van der Waals surface area contributed by atoms with Crippen LogP contribution in [0.4, 0.5) is 5.69 Å². The molecule has 1 aromatic heterocycles. The third-order valence-electron chi connectivity index (χ3n) is 3.92. The van der Waals surface area contributed by atoms with E-state index in [0.717, 1.165) is 10.2 Å². The van der Waals surface area contributed by atoms with Crippen LogP contribution in [0, 0.1) is 6.92 Å². The van der Waals surface area contributed by atoms with Crippen molar-refractivity contribution >= 4 is 33.5 Å². The second kappa shape index (κ2) is 9.33. The van der Waals surface area contributed by atoms with Crippen LogP contribution in [0.25, 0.3) is 5.69 Å². The van der Waals surface area contributed by atoms with Crippen LogP contribution in [0.15, 0.2) is 53.0 Å². The average molecular weight is 459 g/mol. The van der Waals surface area contributed by atoms with Crippen molar-refractivity contribution in [3.05, 3.63) is 64.4 Å². The number of hydrogen-bond donors (Lipinski definition) is 1. The Morgan fingerprint density at radius 2 is 1.97 bits per heavy atom. The first-order valence-corrected chi connectivity index (χ1v) is 9.65. The lowest BCUT2D eigenvalue weighted by atomic mass is 10.2. The molecule has 1 N–H and O–H groups in total. The summed E-state index contributed by atoms with van der Waals surface area (Å²) in [6.45, 7) is 3.58. The molecule has 0 bridgehead atoms. The summed E-state index contributed by atoms with van der Waals surface area (Å²) in [6.07, 6.45) is 0. The number of anilines is 1. The Kier molecular flexibility index (Phi) is 6.61. The van der Waals surface area contributed by atoms with Crippen molar-refractivity contribution in [2.45, 2.75) is 13.8 Å². The second-order valence-corrected chi connectivity index (χ2v) is 6.91. The van der Waals surface area contributed by atoms with Crippen molar-refractivity contribution in [3.63, 3.8) is 0 Å². The fraction of sp³-hybridized carbons (Fsp3) is 0.200.